The van der Waals surface area contributed by atoms with E-state index >= 15 is 0 Å². The first kappa shape index (κ1) is 27.9. The Kier molecular flexibility index (Phi) is 7.43. The number of hydrogen-bond acceptors (Lipinski definition) is 2. The number of benzene rings is 2. The minimum absolute atomic E-state index is 0.136. The maximum absolute atomic E-state index is 12.9. The zero-order chi connectivity index (χ0) is 27.0. The van der Waals surface area contributed by atoms with E-state index in [4.69, 9.17) is 0 Å². The van der Waals surface area contributed by atoms with Gasteiger partial charge in [0.15, 0.2) is 0 Å². The molecule has 1 amide bonds. The molecule has 0 fully saturated rings. The van der Waals surface area contributed by atoms with Crippen LogP contribution in [0, 0.1) is 0 Å². The number of amides is 1. The molecule has 0 unspecified atom stereocenters. The zero-order valence-corrected chi connectivity index (χ0v) is 17.0. The largest absolute Gasteiger partial charge is 0.416 e. The van der Waals surface area contributed by atoms with Crippen LogP contribution in [0.1, 0.15) is 29.2 Å². The molecule has 0 saturated carbocycles. The summed E-state index contributed by atoms with van der Waals surface area (Å²) in [6, 6.07) is 0.741. The number of hydrogen-bond donors (Lipinski definition) is 2. The molecule has 192 valence electrons. The summed E-state index contributed by atoms with van der Waals surface area (Å²) in [4.78, 5) is 12.0. The van der Waals surface area contributed by atoms with Gasteiger partial charge in [-0.25, -0.2) is 0 Å². The van der Waals surface area contributed by atoms with Gasteiger partial charge in [0, 0.05) is 23.1 Å². The number of anilines is 2. The Hall–Kier alpha value is -3.39. The number of rotatable bonds is 4. The van der Waals surface area contributed by atoms with Crippen molar-refractivity contribution in [2.45, 2.75) is 31.6 Å². The monoisotopic (exact) mass is 524 g/mol. The fourth-order valence-corrected chi connectivity index (χ4v) is 2.69. The molecule has 2 rings (SSSR count). The van der Waals surface area contributed by atoms with Gasteiger partial charge in [-0.2, -0.15) is 52.7 Å². The summed E-state index contributed by atoms with van der Waals surface area (Å²) in [6.45, 7) is 1.01. The molecule has 2 N–H and O–H groups in total. The Morgan fingerprint density at radius 1 is 0.571 bits per heavy atom. The van der Waals surface area contributed by atoms with Crippen LogP contribution in [-0.2, 0) is 29.5 Å². The molecule has 0 aliphatic carbocycles. The highest BCUT2D eigenvalue weighted by molar-refractivity contribution is 6.00. The van der Waals surface area contributed by atoms with Crippen molar-refractivity contribution >= 4 is 17.3 Å². The fraction of sp³-hybridized carbons (Fsp3) is 0.250. The van der Waals surface area contributed by atoms with Crippen LogP contribution in [0.4, 0.5) is 64.1 Å². The Labute approximate surface area is 188 Å². The van der Waals surface area contributed by atoms with Gasteiger partial charge in [-0.15, -0.1) is 0 Å². The third kappa shape index (κ3) is 7.82. The van der Waals surface area contributed by atoms with Crippen molar-refractivity contribution in [1.29, 1.82) is 0 Å². The fourth-order valence-electron chi connectivity index (χ4n) is 2.69. The third-order valence-corrected chi connectivity index (χ3v) is 4.13. The SMILES string of the molecule is C/C(=C\C(=O)Nc1cc(C(F)(F)F)cc(C(F)(F)F)c1)Nc1cc(C(F)(F)F)cc(C(F)(F)F)c1. The average molecular weight is 524 g/mol. The number of allylic oxidation sites excluding steroid dienone is 1. The first-order valence-corrected chi connectivity index (χ1v) is 9.01. The van der Waals surface area contributed by atoms with E-state index in [0.29, 0.717) is 18.2 Å². The Bertz CT molecular complexity index is 1060. The molecule has 0 saturated heterocycles. The molecule has 0 aliphatic rings. The van der Waals surface area contributed by atoms with Crippen molar-refractivity contribution in [2.75, 3.05) is 10.6 Å². The van der Waals surface area contributed by atoms with Gasteiger partial charge in [0.1, 0.15) is 0 Å². The van der Waals surface area contributed by atoms with Crippen LogP contribution in [0.2, 0.25) is 0 Å². The predicted octanol–water partition coefficient (Wildman–Crippen LogP) is 7.72. The molecule has 15 heteroatoms. The summed E-state index contributed by atoms with van der Waals surface area (Å²) in [6.07, 6.45) is -20.2. The number of carbonyl (C=O) groups excluding carboxylic acids is 1. The topological polar surface area (TPSA) is 41.1 Å². The standard InChI is InChI=1S/C20H12F12N2O/c1-9(33-14-5-10(17(21,22)23)3-11(6-14)18(24,25)26)2-16(35)34-15-7-12(19(27,28)29)4-13(8-15)20(30,31)32/h2-8,33H,1H3,(H,34,35)/b9-2+. The molecular weight excluding hydrogens is 512 g/mol. The lowest BCUT2D eigenvalue weighted by Gasteiger charge is -2.16. The van der Waals surface area contributed by atoms with Crippen molar-refractivity contribution in [3.05, 3.63) is 70.4 Å². The van der Waals surface area contributed by atoms with Gasteiger partial charge < -0.3 is 10.6 Å². The minimum Gasteiger partial charge on any atom is -0.359 e. The summed E-state index contributed by atoms with van der Waals surface area (Å²) < 4.78 is 155. The van der Waals surface area contributed by atoms with Crippen molar-refractivity contribution in [2.24, 2.45) is 0 Å². The van der Waals surface area contributed by atoms with E-state index < -0.39 is 64.2 Å². The van der Waals surface area contributed by atoms with E-state index in [1.165, 1.54) is 0 Å². The second kappa shape index (κ2) is 9.34. The van der Waals surface area contributed by atoms with E-state index in [-0.39, 0.29) is 30.0 Å². The van der Waals surface area contributed by atoms with Gasteiger partial charge in [0.05, 0.1) is 22.3 Å². The Morgan fingerprint density at radius 2 is 0.857 bits per heavy atom. The van der Waals surface area contributed by atoms with Gasteiger partial charge in [-0.1, -0.05) is 0 Å². The maximum atomic E-state index is 12.9. The number of carbonyl (C=O) groups is 1. The lowest BCUT2D eigenvalue weighted by molar-refractivity contribution is -0.144. The Morgan fingerprint density at radius 3 is 1.14 bits per heavy atom. The smallest absolute Gasteiger partial charge is 0.359 e. The summed E-state index contributed by atoms with van der Waals surface area (Å²) in [5.41, 5.74) is -8.76. The van der Waals surface area contributed by atoms with Crippen LogP contribution < -0.4 is 10.6 Å². The third-order valence-electron chi connectivity index (χ3n) is 4.13. The second-order valence-electron chi connectivity index (χ2n) is 7.03. The molecule has 0 aliphatic heterocycles. The Balaban J connectivity index is 2.33. The van der Waals surface area contributed by atoms with Gasteiger partial charge >= 0.3 is 24.7 Å². The quantitative estimate of drug-likeness (QED) is 0.318. The van der Waals surface area contributed by atoms with Gasteiger partial charge in [-0.05, 0) is 43.3 Å². The molecule has 0 atom stereocenters. The van der Waals surface area contributed by atoms with Crippen LogP contribution in [0.3, 0.4) is 0 Å². The number of alkyl halides is 12. The summed E-state index contributed by atoms with van der Waals surface area (Å²) in [7, 11) is 0. The van der Waals surface area contributed by atoms with Crippen molar-refractivity contribution in [3.63, 3.8) is 0 Å². The van der Waals surface area contributed by atoms with Crippen LogP contribution in [0.15, 0.2) is 48.2 Å². The highest BCUT2D eigenvalue weighted by atomic mass is 19.4. The number of halogens is 12. The predicted molar refractivity (Wildman–Crippen MR) is 98.9 cm³/mol. The first-order valence-electron chi connectivity index (χ1n) is 9.01. The van der Waals surface area contributed by atoms with E-state index in [0.717, 1.165) is 6.92 Å². The highest BCUT2D eigenvalue weighted by Gasteiger charge is 2.38. The van der Waals surface area contributed by atoms with Crippen LogP contribution in [0.5, 0.6) is 0 Å². The summed E-state index contributed by atoms with van der Waals surface area (Å²) in [5.74, 6) is -1.31. The van der Waals surface area contributed by atoms with Crippen molar-refractivity contribution in [1.82, 2.24) is 0 Å². The molecule has 0 bridgehead atoms. The molecule has 0 radical (unpaired) electrons. The van der Waals surface area contributed by atoms with Gasteiger partial charge in [0.2, 0.25) is 5.91 Å². The average Bonchev–Trinajstić information content (AvgIpc) is 2.64. The summed E-state index contributed by atoms with van der Waals surface area (Å²) >= 11 is 0. The summed E-state index contributed by atoms with van der Waals surface area (Å²) in [5, 5.41) is 3.83. The number of nitrogens with one attached hydrogen (secondary N) is 2. The van der Waals surface area contributed by atoms with Gasteiger partial charge in [0.25, 0.3) is 0 Å². The molecular formula is C20H12F12N2O. The maximum Gasteiger partial charge on any atom is 0.416 e. The normalized spacial score (nSPS) is 13.6. The van der Waals surface area contributed by atoms with E-state index in [1.54, 1.807) is 5.32 Å². The lowest BCUT2D eigenvalue weighted by Crippen LogP contribution is -2.15. The van der Waals surface area contributed by atoms with Crippen LogP contribution in [0.25, 0.3) is 0 Å². The van der Waals surface area contributed by atoms with E-state index in [1.807, 2.05) is 0 Å². The molecule has 0 heterocycles. The lowest BCUT2D eigenvalue weighted by atomic mass is 10.1. The molecule has 2 aromatic rings. The zero-order valence-electron chi connectivity index (χ0n) is 17.0. The van der Waals surface area contributed by atoms with E-state index in [2.05, 4.69) is 5.32 Å². The minimum atomic E-state index is -5.19. The van der Waals surface area contributed by atoms with Crippen LogP contribution >= 0.6 is 0 Å². The molecule has 0 aromatic heterocycles. The second-order valence-corrected chi connectivity index (χ2v) is 7.03. The van der Waals surface area contributed by atoms with Gasteiger partial charge in [-0.3, -0.25) is 4.79 Å². The molecule has 35 heavy (non-hydrogen) atoms. The molecule has 2 aromatic carbocycles. The van der Waals surface area contributed by atoms with Crippen molar-refractivity contribution < 1.29 is 57.5 Å². The van der Waals surface area contributed by atoms with Crippen molar-refractivity contribution in [3.8, 4) is 0 Å². The molecule has 0 spiro atoms. The highest BCUT2D eigenvalue weighted by Crippen LogP contribution is 2.39. The first-order chi connectivity index (χ1) is 15.7. The molecule has 3 nitrogen and oxygen atoms in total. The van der Waals surface area contributed by atoms with Crippen LogP contribution in [-0.4, -0.2) is 5.91 Å². The van der Waals surface area contributed by atoms with E-state index in [9.17, 15) is 57.5 Å².